The van der Waals surface area contributed by atoms with Gasteiger partial charge in [0.2, 0.25) is 0 Å². The minimum absolute atomic E-state index is 0.0180. The van der Waals surface area contributed by atoms with E-state index in [4.69, 9.17) is 15.2 Å². The first kappa shape index (κ1) is 16.0. The summed E-state index contributed by atoms with van der Waals surface area (Å²) < 4.78 is 13.8. The molecule has 3 rings (SSSR count). The highest BCUT2D eigenvalue weighted by Crippen LogP contribution is 2.31. The molecule has 5 heteroatoms. The number of ether oxygens (including phenoxy) is 2. The molecule has 0 radical (unpaired) electrons. The Morgan fingerprint density at radius 2 is 2.00 bits per heavy atom. The van der Waals surface area contributed by atoms with Crippen LogP contribution in [0.15, 0.2) is 36.4 Å². The Hall–Kier alpha value is -1.85. The van der Waals surface area contributed by atoms with Crippen LogP contribution in [0.4, 0.5) is 5.82 Å². The Balaban J connectivity index is 1.77. The predicted octanol–water partition coefficient (Wildman–Crippen LogP) is 2.92. The number of hydrogen-bond acceptors (Lipinski definition) is 4. The normalized spacial score (nSPS) is 21.7. The molecular formula is C18H25N3O2. The lowest BCUT2D eigenvalue weighted by atomic mass is 9.91. The highest BCUT2D eigenvalue weighted by atomic mass is 16.5. The van der Waals surface area contributed by atoms with Crippen LogP contribution in [-0.2, 0) is 21.5 Å². The second-order valence-electron chi connectivity index (χ2n) is 7.09. The summed E-state index contributed by atoms with van der Waals surface area (Å²) in [5.74, 6) is 0.545. The van der Waals surface area contributed by atoms with Crippen LogP contribution in [0.3, 0.4) is 0 Å². The molecule has 1 aliphatic heterocycles. The molecule has 2 atom stereocenters. The first-order chi connectivity index (χ1) is 10.9. The second-order valence-corrected chi connectivity index (χ2v) is 7.09. The van der Waals surface area contributed by atoms with E-state index in [-0.39, 0.29) is 17.6 Å². The number of nitrogens with zero attached hydrogens (tertiary/aromatic N) is 2. The molecule has 0 saturated carbocycles. The van der Waals surface area contributed by atoms with Gasteiger partial charge in [0.15, 0.2) is 0 Å². The van der Waals surface area contributed by atoms with Crippen molar-refractivity contribution >= 4 is 5.82 Å². The summed E-state index contributed by atoms with van der Waals surface area (Å²) in [6.07, 6.45) is -0.0180. The van der Waals surface area contributed by atoms with Gasteiger partial charge in [0.1, 0.15) is 18.0 Å². The van der Waals surface area contributed by atoms with Gasteiger partial charge in [-0.3, -0.25) is 4.68 Å². The Kier molecular flexibility index (Phi) is 4.41. The van der Waals surface area contributed by atoms with Gasteiger partial charge in [0, 0.05) is 17.2 Å². The van der Waals surface area contributed by atoms with E-state index >= 15 is 0 Å². The van der Waals surface area contributed by atoms with Crippen molar-refractivity contribution in [2.75, 3.05) is 18.9 Å². The zero-order valence-corrected chi connectivity index (χ0v) is 14.0. The molecule has 2 heterocycles. The van der Waals surface area contributed by atoms with E-state index in [0.717, 1.165) is 11.3 Å². The zero-order valence-electron chi connectivity index (χ0n) is 14.0. The second kappa shape index (κ2) is 6.34. The summed E-state index contributed by atoms with van der Waals surface area (Å²) in [6, 6.07) is 12.2. The third-order valence-corrected chi connectivity index (χ3v) is 4.14. The first-order valence-electron chi connectivity index (χ1n) is 8.04. The van der Waals surface area contributed by atoms with Gasteiger partial charge in [0.25, 0.3) is 0 Å². The average molecular weight is 315 g/mol. The van der Waals surface area contributed by atoms with E-state index in [0.29, 0.717) is 25.6 Å². The fraction of sp³-hybridized carbons (Fsp3) is 0.500. The molecule has 0 amide bonds. The van der Waals surface area contributed by atoms with Gasteiger partial charge in [-0.15, -0.1) is 0 Å². The highest BCUT2D eigenvalue weighted by molar-refractivity contribution is 5.33. The number of anilines is 1. The average Bonchev–Trinajstić information content (AvgIpc) is 3.11. The lowest BCUT2D eigenvalue weighted by molar-refractivity contribution is 0.0143. The summed E-state index contributed by atoms with van der Waals surface area (Å²) in [6.45, 7) is 8.25. The van der Waals surface area contributed by atoms with Crippen LogP contribution >= 0.6 is 0 Å². The van der Waals surface area contributed by atoms with Gasteiger partial charge in [0.05, 0.1) is 19.8 Å². The van der Waals surface area contributed by atoms with Gasteiger partial charge in [-0.05, 0) is 5.56 Å². The Morgan fingerprint density at radius 3 is 2.70 bits per heavy atom. The molecule has 23 heavy (non-hydrogen) atoms. The van der Waals surface area contributed by atoms with Crippen LogP contribution in [0.1, 0.15) is 38.1 Å². The maximum absolute atomic E-state index is 6.11. The number of hydrogen-bond donors (Lipinski definition) is 1. The Bertz CT molecular complexity index is 646. The highest BCUT2D eigenvalue weighted by Gasteiger charge is 2.35. The fourth-order valence-electron chi connectivity index (χ4n) is 2.91. The maximum atomic E-state index is 6.11. The van der Waals surface area contributed by atoms with Gasteiger partial charge in [-0.1, -0.05) is 51.1 Å². The van der Waals surface area contributed by atoms with Crippen molar-refractivity contribution in [3.8, 4) is 0 Å². The van der Waals surface area contributed by atoms with Crippen LogP contribution in [0.2, 0.25) is 0 Å². The standard InChI is InChI=1S/C18H25N3O2/c1-18(2,3)16-9-17(19)20-21(16)14-11-22-12-15(14)23-10-13-7-5-4-6-8-13/h4-9,14-15H,10-12H2,1-3H3,(H2,19,20)/t14-,15-/m1/s1. The topological polar surface area (TPSA) is 62.3 Å². The molecule has 1 fully saturated rings. The van der Waals surface area contributed by atoms with Crippen molar-refractivity contribution in [3.05, 3.63) is 47.7 Å². The SMILES string of the molecule is CC(C)(C)c1cc(N)nn1[C@@H]1COC[C@H]1OCc1ccccc1. The Morgan fingerprint density at radius 1 is 1.26 bits per heavy atom. The molecule has 2 aromatic rings. The number of benzene rings is 1. The fourth-order valence-corrected chi connectivity index (χ4v) is 2.91. The minimum Gasteiger partial charge on any atom is -0.382 e. The molecule has 0 spiro atoms. The van der Waals surface area contributed by atoms with E-state index in [9.17, 15) is 0 Å². The Labute approximate surface area is 137 Å². The molecule has 0 bridgehead atoms. The van der Waals surface area contributed by atoms with E-state index < -0.39 is 0 Å². The summed E-state index contributed by atoms with van der Waals surface area (Å²) >= 11 is 0. The van der Waals surface area contributed by atoms with Gasteiger partial charge < -0.3 is 15.2 Å². The van der Waals surface area contributed by atoms with Crippen LogP contribution in [0, 0.1) is 0 Å². The van der Waals surface area contributed by atoms with Gasteiger partial charge >= 0.3 is 0 Å². The molecular weight excluding hydrogens is 290 g/mol. The molecule has 5 nitrogen and oxygen atoms in total. The predicted molar refractivity (Wildman–Crippen MR) is 90.2 cm³/mol. The van der Waals surface area contributed by atoms with Crippen LogP contribution < -0.4 is 5.73 Å². The van der Waals surface area contributed by atoms with Crippen molar-refractivity contribution in [3.63, 3.8) is 0 Å². The molecule has 0 aliphatic carbocycles. The monoisotopic (exact) mass is 315 g/mol. The van der Waals surface area contributed by atoms with Crippen LogP contribution in [-0.4, -0.2) is 29.1 Å². The molecule has 0 unspecified atom stereocenters. The van der Waals surface area contributed by atoms with E-state index in [2.05, 4.69) is 38.0 Å². The van der Waals surface area contributed by atoms with Crippen molar-refractivity contribution in [1.29, 1.82) is 0 Å². The lowest BCUT2D eigenvalue weighted by Gasteiger charge is -2.26. The van der Waals surface area contributed by atoms with Crippen molar-refractivity contribution in [2.24, 2.45) is 0 Å². The first-order valence-corrected chi connectivity index (χ1v) is 8.04. The number of aromatic nitrogens is 2. The molecule has 1 aromatic carbocycles. The van der Waals surface area contributed by atoms with E-state index in [1.54, 1.807) is 0 Å². The van der Waals surface area contributed by atoms with Crippen LogP contribution in [0.25, 0.3) is 0 Å². The van der Waals surface area contributed by atoms with Crippen molar-refractivity contribution in [1.82, 2.24) is 9.78 Å². The summed E-state index contributed by atoms with van der Waals surface area (Å²) in [4.78, 5) is 0. The number of nitrogens with two attached hydrogens (primary N) is 1. The quantitative estimate of drug-likeness (QED) is 0.942. The summed E-state index contributed by atoms with van der Waals surface area (Å²) in [5, 5.41) is 4.50. The third kappa shape index (κ3) is 3.57. The summed E-state index contributed by atoms with van der Waals surface area (Å²) in [7, 11) is 0. The molecule has 1 saturated heterocycles. The summed E-state index contributed by atoms with van der Waals surface area (Å²) in [5.41, 5.74) is 8.18. The van der Waals surface area contributed by atoms with E-state index in [1.807, 2.05) is 28.9 Å². The smallest absolute Gasteiger partial charge is 0.145 e. The largest absolute Gasteiger partial charge is 0.382 e. The van der Waals surface area contributed by atoms with Crippen LogP contribution in [0.5, 0.6) is 0 Å². The lowest BCUT2D eigenvalue weighted by Crippen LogP contribution is -2.30. The number of nitrogen functional groups attached to an aromatic ring is 1. The number of rotatable bonds is 4. The maximum Gasteiger partial charge on any atom is 0.145 e. The molecule has 1 aromatic heterocycles. The molecule has 1 aliphatic rings. The van der Waals surface area contributed by atoms with E-state index in [1.165, 1.54) is 0 Å². The third-order valence-electron chi connectivity index (χ3n) is 4.14. The van der Waals surface area contributed by atoms with Crippen molar-refractivity contribution < 1.29 is 9.47 Å². The minimum atomic E-state index is -0.0306. The van der Waals surface area contributed by atoms with Gasteiger partial charge in [-0.2, -0.15) is 5.10 Å². The van der Waals surface area contributed by atoms with Crippen molar-refractivity contribution in [2.45, 2.75) is 44.9 Å². The molecule has 124 valence electrons. The van der Waals surface area contributed by atoms with Gasteiger partial charge in [-0.25, -0.2) is 0 Å². The zero-order chi connectivity index (χ0) is 16.4. The molecule has 2 N–H and O–H groups in total.